The van der Waals surface area contributed by atoms with Gasteiger partial charge in [-0.2, -0.15) is 5.10 Å². The van der Waals surface area contributed by atoms with Gasteiger partial charge in [-0.05, 0) is 23.8 Å². The summed E-state index contributed by atoms with van der Waals surface area (Å²) in [6.07, 6.45) is 8.18. The summed E-state index contributed by atoms with van der Waals surface area (Å²) in [6.45, 7) is 1.42. The van der Waals surface area contributed by atoms with Crippen LogP contribution < -0.4 is 10.9 Å². The van der Waals surface area contributed by atoms with Crippen LogP contribution in [0.25, 0.3) is 11.0 Å². The van der Waals surface area contributed by atoms with Gasteiger partial charge in [-0.3, -0.25) is 14.2 Å². The second-order valence-corrected chi connectivity index (χ2v) is 8.06. The Morgan fingerprint density at radius 2 is 1.86 bits per heavy atom. The number of hydrogen-bond acceptors (Lipinski definition) is 5. The fourth-order valence-electron chi connectivity index (χ4n) is 3.81. The van der Waals surface area contributed by atoms with Gasteiger partial charge >= 0.3 is 0 Å². The van der Waals surface area contributed by atoms with E-state index >= 15 is 0 Å². The molecule has 176 valence electrons. The molecule has 0 unspecified atom stereocenters. The lowest BCUT2D eigenvalue weighted by Gasteiger charge is -2.08. The van der Waals surface area contributed by atoms with Crippen LogP contribution in [0.2, 0.25) is 0 Å². The second kappa shape index (κ2) is 9.72. The fraction of sp³-hybridized carbons (Fsp3) is 0.160. The maximum absolute atomic E-state index is 14.0. The Morgan fingerprint density at radius 1 is 1.03 bits per heavy atom. The van der Waals surface area contributed by atoms with Crippen molar-refractivity contribution in [2.75, 3.05) is 6.54 Å². The van der Waals surface area contributed by atoms with Crippen LogP contribution in [-0.4, -0.2) is 41.3 Å². The maximum atomic E-state index is 14.0. The molecule has 3 heterocycles. The molecule has 0 aliphatic carbocycles. The van der Waals surface area contributed by atoms with E-state index < -0.39 is 0 Å². The van der Waals surface area contributed by atoms with Gasteiger partial charge in [0.05, 0.1) is 25.6 Å². The van der Waals surface area contributed by atoms with Crippen LogP contribution in [0.4, 0.5) is 4.39 Å². The summed E-state index contributed by atoms with van der Waals surface area (Å²) in [7, 11) is 0. The zero-order chi connectivity index (χ0) is 24.2. The zero-order valence-corrected chi connectivity index (χ0v) is 18.7. The number of fused-ring (bicyclic) bond motifs is 1. The van der Waals surface area contributed by atoms with Crippen LogP contribution in [0.1, 0.15) is 21.5 Å². The highest BCUT2D eigenvalue weighted by molar-refractivity contribution is 5.94. The first kappa shape index (κ1) is 22.2. The molecule has 0 bridgehead atoms. The van der Waals surface area contributed by atoms with E-state index in [1.54, 1.807) is 47.5 Å². The monoisotopic (exact) mass is 471 g/mol. The van der Waals surface area contributed by atoms with Gasteiger partial charge < -0.3 is 9.88 Å². The van der Waals surface area contributed by atoms with Crippen molar-refractivity contribution in [3.05, 3.63) is 113 Å². The number of rotatable bonds is 8. The minimum Gasteiger partial charge on any atom is -0.350 e. The first-order valence-corrected chi connectivity index (χ1v) is 11.1. The van der Waals surface area contributed by atoms with Gasteiger partial charge in [0.2, 0.25) is 0 Å². The molecule has 0 spiro atoms. The largest absolute Gasteiger partial charge is 0.350 e. The third kappa shape index (κ3) is 4.86. The third-order valence-electron chi connectivity index (χ3n) is 5.67. The summed E-state index contributed by atoms with van der Waals surface area (Å²) < 4.78 is 18.8. The lowest BCUT2D eigenvalue weighted by atomic mass is 10.1. The van der Waals surface area contributed by atoms with Gasteiger partial charge in [0.15, 0.2) is 5.65 Å². The summed E-state index contributed by atoms with van der Waals surface area (Å²) in [6, 6.07) is 13.7. The molecule has 5 rings (SSSR count). The lowest BCUT2D eigenvalue weighted by Crippen LogP contribution is -2.27. The molecular formula is C25H22FN7O2. The van der Waals surface area contributed by atoms with Crippen molar-refractivity contribution in [3.63, 3.8) is 0 Å². The Hall–Kier alpha value is -4.60. The number of imidazole rings is 1. The molecular weight excluding hydrogens is 449 g/mol. The Balaban J connectivity index is 1.21. The van der Waals surface area contributed by atoms with Gasteiger partial charge in [-0.1, -0.05) is 30.3 Å². The quantitative estimate of drug-likeness (QED) is 0.375. The van der Waals surface area contributed by atoms with Gasteiger partial charge in [-0.25, -0.2) is 19.0 Å². The highest BCUT2D eigenvalue weighted by atomic mass is 19.1. The van der Waals surface area contributed by atoms with Crippen LogP contribution in [-0.2, 0) is 19.6 Å². The lowest BCUT2D eigenvalue weighted by molar-refractivity contribution is 0.0952. The molecule has 35 heavy (non-hydrogen) atoms. The first-order valence-electron chi connectivity index (χ1n) is 11.1. The van der Waals surface area contributed by atoms with E-state index in [2.05, 4.69) is 20.4 Å². The second-order valence-electron chi connectivity index (χ2n) is 8.06. The van der Waals surface area contributed by atoms with Crippen molar-refractivity contribution in [1.82, 2.24) is 34.2 Å². The third-order valence-corrected chi connectivity index (χ3v) is 5.67. The standard InChI is InChI=1S/C25H22FN7O2/c26-22-4-2-1-3-20(22)15-32-17-29-23-21(25(32)35)13-30-33(23)12-10-28-24(34)19-7-5-18(6-8-19)14-31-11-9-27-16-31/h1-9,11,13,16-17H,10,12,14-15H2,(H,28,34). The summed E-state index contributed by atoms with van der Waals surface area (Å²) in [4.78, 5) is 33.7. The van der Waals surface area contributed by atoms with Crippen molar-refractivity contribution >= 4 is 16.9 Å². The van der Waals surface area contributed by atoms with E-state index in [4.69, 9.17) is 0 Å². The highest BCUT2D eigenvalue weighted by Gasteiger charge is 2.12. The van der Waals surface area contributed by atoms with E-state index in [1.165, 1.54) is 23.2 Å². The van der Waals surface area contributed by atoms with Gasteiger partial charge in [0, 0.05) is 36.6 Å². The molecule has 9 nitrogen and oxygen atoms in total. The van der Waals surface area contributed by atoms with Crippen molar-refractivity contribution in [1.29, 1.82) is 0 Å². The first-order chi connectivity index (χ1) is 17.1. The van der Waals surface area contributed by atoms with E-state index in [0.717, 1.165) is 5.56 Å². The Bertz CT molecular complexity index is 1520. The zero-order valence-electron chi connectivity index (χ0n) is 18.7. The number of hydrogen-bond donors (Lipinski definition) is 1. The molecule has 0 radical (unpaired) electrons. The number of halogens is 1. The molecule has 0 fully saturated rings. The Kier molecular flexibility index (Phi) is 6.16. The minimum atomic E-state index is -0.376. The molecule has 0 saturated heterocycles. The summed E-state index contributed by atoms with van der Waals surface area (Å²) in [5, 5.41) is 7.45. The summed E-state index contributed by atoms with van der Waals surface area (Å²) in [5.41, 5.74) is 2.14. The summed E-state index contributed by atoms with van der Waals surface area (Å²) in [5.74, 6) is -0.574. The van der Waals surface area contributed by atoms with E-state index in [0.29, 0.717) is 41.8 Å². The topological polar surface area (TPSA) is 99.6 Å². The van der Waals surface area contributed by atoms with E-state index in [-0.39, 0.29) is 23.8 Å². The minimum absolute atomic E-state index is 0.0802. The number of carbonyl (C=O) groups excluding carboxylic acids is 1. The van der Waals surface area contributed by atoms with E-state index in [9.17, 15) is 14.0 Å². The van der Waals surface area contributed by atoms with Gasteiger partial charge in [0.1, 0.15) is 17.5 Å². The van der Waals surface area contributed by atoms with E-state index in [1.807, 2.05) is 22.9 Å². The molecule has 0 atom stereocenters. The number of amides is 1. The van der Waals surface area contributed by atoms with Crippen LogP contribution >= 0.6 is 0 Å². The predicted octanol–water partition coefficient (Wildman–Crippen LogP) is 2.46. The molecule has 0 aliphatic heterocycles. The van der Waals surface area contributed by atoms with Crippen LogP contribution in [0, 0.1) is 5.82 Å². The molecule has 3 aromatic heterocycles. The predicted molar refractivity (Wildman–Crippen MR) is 127 cm³/mol. The molecule has 0 aliphatic rings. The molecule has 10 heteroatoms. The average Bonchev–Trinajstić information content (AvgIpc) is 3.53. The molecule has 1 amide bonds. The van der Waals surface area contributed by atoms with Crippen LogP contribution in [0.5, 0.6) is 0 Å². The Morgan fingerprint density at radius 3 is 2.63 bits per heavy atom. The average molecular weight is 471 g/mol. The number of benzene rings is 2. The highest BCUT2D eigenvalue weighted by Crippen LogP contribution is 2.10. The van der Waals surface area contributed by atoms with Crippen molar-refractivity contribution < 1.29 is 9.18 Å². The summed E-state index contributed by atoms with van der Waals surface area (Å²) >= 11 is 0. The molecule has 1 N–H and O–H groups in total. The fourth-order valence-corrected chi connectivity index (χ4v) is 3.81. The van der Waals surface area contributed by atoms with Crippen LogP contribution in [0.3, 0.4) is 0 Å². The number of aromatic nitrogens is 6. The smallest absolute Gasteiger partial charge is 0.264 e. The molecule has 2 aromatic carbocycles. The molecule has 0 saturated carbocycles. The maximum Gasteiger partial charge on any atom is 0.264 e. The normalized spacial score (nSPS) is 11.1. The number of nitrogens with one attached hydrogen (secondary N) is 1. The SMILES string of the molecule is O=C(NCCn1ncc2c(=O)n(Cc3ccccc3F)cnc21)c1ccc(Cn2ccnc2)cc1. The van der Waals surface area contributed by atoms with Gasteiger partial charge in [-0.15, -0.1) is 0 Å². The number of carbonyl (C=O) groups is 1. The Labute approximate surface area is 199 Å². The van der Waals surface area contributed by atoms with Crippen LogP contribution in [0.15, 0.2) is 84.6 Å². The number of nitrogens with zero attached hydrogens (tertiary/aromatic N) is 6. The molecule has 5 aromatic rings. The van der Waals surface area contributed by atoms with Crippen molar-refractivity contribution in [2.24, 2.45) is 0 Å². The van der Waals surface area contributed by atoms with Gasteiger partial charge in [0.25, 0.3) is 11.5 Å². The van der Waals surface area contributed by atoms with Crippen molar-refractivity contribution in [2.45, 2.75) is 19.6 Å². The van der Waals surface area contributed by atoms with Crippen molar-refractivity contribution in [3.8, 4) is 0 Å².